The van der Waals surface area contributed by atoms with Crippen molar-refractivity contribution in [3.05, 3.63) is 54.1 Å². The van der Waals surface area contributed by atoms with E-state index in [2.05, 4.69) is 16.0 Å². The highest BCUT2D eigenvalue weighted by Crippen LogP contribution is 2.24. The Morgan fingerprint density at radius 3 is 2.53 bits per heavy atom. The van der Waals surface area contributed by atoms with Crippen LogP contribution < -0.4 is 5.73 Å². The van der Waals surface area contributed by atoms with Crippen molar-refractivity contribution in [2.45, 2.75) is 0 Å². The first-order valence-corrected chi connectivity index (χ1v) is 5.81. The van der Waals surface area contributed by atoms with Crippen LogP contribution in [0.4, 0.5) is 5.82 Å². The van der Waals surface area contributed by atoms with Crippen LogP contribution in [0.15, 0.2) is 48.5 Å². The van der Waals surface area contributed by atoms with Crippen molar-refractivity contribution < 1.29 is 0 Å². The predicted molar refractivity (Wildman–Crippen MR) is 74.1 cm³/mol. The zero-order valence-electron chi connectivity index (χ0n) is 10.0. The third kappa shape index (κ3) is 1.87. The van der Waals surface area contributed by atoms with E-state index in [1.54, 1.807) is 6.07 Å². The van der Waals surface area contributed by atoms with Crippen LogP contribution in [0.2, 0.25) is 0 Å². The molecule has 0 bridgehead atoms. The summed E-state index contributed by atoms with van der Waals surface area (Å²) in [6, 6.07) is 16.9. The molecule has 0 aliphatic rings. The molecule has 0 aliphatic heterocycles. The summed E-state index contributed by atoms with van der Waals surface area (Å²) >= 11 is 0. The fourth-order valence-corrected chi connectivity index (χ4v) is 2.00. The van der Waals surface area contributed by atoms with Crippen molar-refractivity contribution in [2.75, 3.05) is 5.73 Å². The van der Waals surface area contributed by atoms with Gasteiger partial charge in [-0.2, -0.15) is 5.26 Å². The van der Waals surface area contributed by atoms with Gasteiger partial charge < -0.3 is 5.73 Å². The van der Waals surface area contributed by atoms with E-state index in [-0.39, 0.29) is 0 Å². The van der Waals surface area contributed by atoms with Gasteiger partial charge in [-0.15, -0.1) is 0 Å². The first-order valence-electron chi connectivity index (χ1n) is 5.81. The molecule has 2 aromatic carbocycles. The minimum Gasteiger partial charge on any atom is -0.383 e. The Morgan fingerprint density at radius 2 is 1.68 bits per heavy atom. The third-order valence-electron chi connectivity index (χ3n) is 2.92. The number of aromatic nitrogens is 2. The smallest absolute Gasteiger partial charge is 0.163 e. The average molecular weight is 246 g/mol. The minimum absolute atomic E-state index is 0.424. The Morgan fingerprint density at radius 1 is 0.947 bits per heavy atom. The van der Waals surface area contributed by atoms with Gasteiger partial charge in [0, 0.05) is 10.9 Å². The van der Waals surface area contributed by atoms with Crippen LogP contribution in [0.1, 0.15) is 5.56 Å². The first-order chi connectivity index (χ1) is 9.29. The summed E-state index contributed by atoms with van der Waals surface area (Å²) in [6.07, 6.45) is 0. The molecule has 0 fully saturated rings. The number of nitriles is 1. The van der Waals surface area contributed by atoms with Gasteiger partial charge in [0.1, 0.15) is 5.82 Å². The lowest BCUT2D eigenvalue weighted by Gasteiger charge is -2.06. The fourth-order valence-electron chi connectivity index (χ4n) is 2.00. The molecule has 3 aromatic rings. The van der Waals surface area contributed by atoms with Gasteiger partial charge in [-0.25, -0.2) is 9.97 Å². The van der Waals surface area contributed by atoms with E-state index in [1.807, 2.05) is 42.5 Å². The molecule has 4 nitrogen and oxygen atoms in total. The third-order valence-corrected chi connectivity index (χ3v) is 2.92. The molecule has 3 rings (SSSR count). The number of benzene rings is 2. The van der Waals surface area contributed by atoms with Gasteiger partial charge in [0.25, 0.3) is 0 Å². The standard InChI is InChI=1S/C15H10N4/c16-9-10-5-1-2-6-11(10)15-18-13-8-4-3-7-12(13)14(17)19-15/h1-8H,(H2,17,18,19). The fraction of sp³-hybridized carbons (Fsp3) is 0. The average Bonchev–Trinajstić information content (AvgIpc) is 2.47. The zero-order valence-corrected chi connectivity index (χ0v) is 10.0. The molecule has 19 heavy (non-hydrogen) atoms. The Labute approximate surface area is 110 Å². The van der Waals surface area contributed by atoms with E-state index < -0.39 is 0 Å². The molecule has 1 heterocycles. The van der Waals surface area contributed by atoms with Crippen LogP contribution in [-0.2, 0) is 0 Å². The number of para-hydroxylation sites is 1. The Hall–Kier alpha value is -2.93. The van der Waals surface area contributed by atoms with E-state index in [4.69, 9.17) is 11.0 Å². The van der Waals surface area contributed by atoms with Crippen LogP contribution in [0.25, 0.3) is 22.3 Å². The summed E-state index contributed by atoms with van der Waals surface area (Å²) in [5.41, 5.74) is 7.96. The molecular weight excluding hydrogens is 236 g/mol. The lowest BCUT2D eigenvalue weighted by Crippen LogP contribution is -1.98. The molecule has 4 heteroatoms. The van der Waals surface area contributed by atoms with Gasteiger partial charge in [0.05, 0.1) is 17.1 Å². The highest BCUT2D eigenvalue weighted by Gasteiger charge is 2.10. The largest absolute Gasteiger partial charge is 0.383 e. The SMILES string of the molecule is N#Cc1ccccc1-c1nc(N)c2ccccc2n1. The normalized spacial score (nSPS) is 10.3. The van der Waals surface area contributed by atoms with Gasteiger partial charge in [-0.1, -0.05) is 24.3 Å². The number of hydrogen-bond acceptors (Lipinski definition) is 4. The molecule has 0 aliphatic carbocycles. The number of nitrogens with two attached hydrogens (primary N) is 1. The van der Waals surface area contributed by atoms with E-state index in [1.165, 1.54) is 0 Å². The van der Waals surface area contributed by atoms with Crippen molar-refractivity contribution in [1.29, 1.82) is 5.26 Å². The Bertz CT molecular complexity index is 803. The van der Waals surface area contributed by atoms with Gasteiger partial charge in [-0.3, -0.25) is 0 Å². The Kier molecular flexibility index (Phi) is 2.58. The van der Waals surface area contributed by atoms with Gasteiger partial charge in [0.2, 0.25) is 0 Å². The molecule has 90 valence electrons. The number of nitrogen functional groups attached to an aromatic ring is 1. The molecule has 0 atom stereocenters. The van der Waals surface area contributed by atoms with Crippen LogP contribution in [0.5, 0.6) is 0 Å². The molecule has 0 amide bonds. The van der Waals surface area contributed by atoms with Gasteiger partial charge in [0.15, 0.2) is 5.82 Å². The topological polar surface area (TPSA) is 75.6 Å². The molecule has 0 unspecified atom stereocenters. The van der Waals surface area contributed by atoms with Crippen molar-refractivity contribution >= 4 is 16.7 Å². The summed E-state index contributed by atoms with van der Waals surface area (Å²) in [5, 5.41) is 9.95. The second-order valence-corrected chi connectivity index (χ2v) is 4.11. The zero-order chi connectivity index (χ0) is 13.2. The lowest BCUT2D eigenvalue weighted by atomic mass is 10.1. The van der Waals surface area contributed by atoms with E-state index >= 15 is 0 Å². The van der Waals surface area contributed by atoms with E-state index in [0.29, 0.717) is 22.8 Å². The summed E-state index contributed by atoms with van der Waals surface area (Å²) in [5.74, 6) is 0.904. The number of nitrogens with zero attached hydrogens (tertiary/aromatic N) is 3. The van der Waals surface area contributed by atoms with Gasteiger partial charge in [-0.05, 0) is 24.3 Å². The maximum Gasteiger partial charge on any atom is 0.163 e. The van der Waals surface area contributed by atoms with Crippen molar-refractivity contribution in [1.82, 2.24) is 9.97 Å². The summed E-state index contributed by atoms with van der Waals surface area (Å²) < 4.78 is 0. The minimum atomic E-state index is 0.424. The molecule has 0 radical (unpaired) electrons. The predicted octanol–water partition coefficient (Wildman–Crippen LogP) is 2.75. The van der Waals surface area contributed by atoms with Crippen molar-refractivity contribution in [2.24, 2.45) is 0 Å². The first kappa shape index (κ1) is 11.2. The maximum absolute atomic E-state index is 9.13. The van der Waals surface area contributed by atoms with E-state index in [0.717, 1.165) is 10.9 Å². The molecule has 2 N–H and O–H groups in total. The van der Waals surface area contributed by atoms with Crippen LogP contribution in [0, 0.1) is 11.3 Å². The number of hydrogen-bond donors (Lipinski definition) is 1. The quantitative estimate of drug-likeness (QED) is 0.716. The molecule has 1 aromatic heterocycles. The monoisotopic (exact) mass is 246 g/mol. The summed E-state index contributed by atoms with van der Waals surface area (Å²) in [6.45, 7) is 0. The number of rotatable bonds is 1. The Balaban J connectivity index is 2.29. The highest BCUT2D eigenvalue weighted by molar-refractivity contribution is 5.89. The van der Waals surface area contributed by atoms with Gasteiger partial charge >= 0.3 is 0 Å². The molecular formula is C15H10N4. The van der Waals surface area contributed by atoms with E-state index in [9.17, 15) is 0 Å². The number of fused-ring (bicyclic) bond motifs is 1. The van der Waals surface area contributed by atoms with Crippen molar-refractivity contribution in [3.63, 3.8) is 0 Å². The van der Waals surface area contributed by atoms with Crippen LogP contribution >= 0.6 is 0 Å². The molecule has 0 saturated heterocycles. The summed E-state index contributed by atoms with van der Waals surface area (Å²) in [4.78, 5) is 8.77. The lowest BCUT2D eigenvalue weighted by molar-refractivity contribution is 1.23. The molecule has 0 spiro atoms. The maximum atomic E-state index is 9.13. The second-order valence-electron chi connectivity index (χ2n) is 4.11. The second kappa shape index (κ2) is 4.39. The van der Waals surface area contributed by atoms with Crippen LogP contribution in [0.3, 0.4) is 0 Å². The van der Waals surface area contributed by atoms with Crippen molar-refractivity contribution in [3.8, 4) is 17.5 Å². The summed E-state index contributed by atoms with van der Waals surface area (Å²) in [7, 11) is 0. The highest BCUT2D eigenvalue weighted by atomic mass is 14.9. The number of anilines is 1. The molecule has 0 saturated carbocycles. The van der Waals surface area contributed by atoms with Crippen LogP contribution in [-0.4, -0.2) is 9.97 Å².